The standard InChI is InChI=1S/C15H16BrNO/c1-3-11(2)12-4-6-13(7-5-12)18-15-8-9-17-10-14(15)16/h4-11H,3H2,1-2H3. The first-order valence-corrected chi connectivity index (χ1v) is 6.87. The maximum absolute atomic E-state index is 5.79. The summed E-state index contributed by atoms with van der Waals surface area (Å²) >= 11 is 3.42. The van der Waals surface area contributed by atoms with Gasteiger partial charge >= 0.3 is 0 Å². The molecule has 2 rings (SSSR count). The molecule has 3 heteroatoms. The second-order valence-corrected chi connectivity index (χ2v) is 5.14. The monoisotopic (exact) mass is 305 g/mol. The molecule has 1 atom stereocenters. The quantitative estimate of drug-likeness (QED) is 0.779. The molecular weight excluding hydrogens is 290 g/mol. The van der Waals surface area contributed by atoms with Crippen molar-refractivity contribution in [1.29, 1.82) is 0 Å². The minimum atomic E-state index is 0.590. The normalized spacial score (nSPS) is 12.2. The minimum absolute atomic E-state index is 0.590. The Morgan fingerprint density at radius 1 is 1.22 bits per heavy atom. The Bertz CT molecular complexity index is 510. The molecule has 0 aliphatic rings. The molecule has 18 heavy (non-hydrogen) atoms. The highest BCUT2D eigenvalue weighted by molar-refractivity contribution is 9.10. The van der Waals surface area contributed by atoms with Gasteiger partial charge in [0.2, 0.25) is 0 Å². The first-order valence-electron chi connectivity index (χ1n) is 6.08. The van der Waals surface area contributed by atoms with Gasteiger partial charge in [0.1, 0.15) is 11.5 Å². The summed E-state index contributed by atoms with van der Waals surface area (Å²) < 4.78 is 6.65. The van der Waals surface area contributed by atoms with Crippen LogP contribution >= 0.6 is 15.9 Å². The lowest BCUT2D eigenvalue weighted by molar-refractivity contribution is 0.478. The summed E-state index contributed by atoms with van der Waals surface area (Å²) in [6.45, 7) is 4.43. The van der Waals surface area contributed by atoms with E-state index in [0.717, 1.165) is 22.4 Å². The Hall–Kier alpha value is -1.35. The Labute approximate surface area is 116 Å². The van der Waals surface area contributed by atoms with Crippen molar-refractivity contribution in [1.82, 2.24) is 4.98 Å². The van der Waals surface area contributed by atoms with Crippen molar-refractivity contribution in [3.63, 3.8) is 0 Å². The first-order chi connectivity index (χ1) is 8.70. The molecule has 0 amide bonds. The second-order valence-electron chi connectivity index (χ2n) is 4.29. The number of hydrogen-bond donors (Lipinski definition) is 0. The van der Waals surface area contributed by atoms with E-state index in [4.69, 9.17) is 4.74 Å². The predicted molar refractivity (Wildman–Crippen MR) is 77.2 cm³/mol. The Kier molecular flexibility index (Phi) is 4.37. The highest BCUT2D eigenvalue weighted by Crippen LogP contribution is 2.29. The Morgan fingerprint density at radius 2 is 1.94 bits per heavy atom. The first kappa shape index (κ1) is 13.1. The molecule has 0 bridgehead atoms. The molecule has 2 nitrogen and oxygen atoms in total. The van der Waals surface area contributed by atoms with Crippen LogP contribution in [0.15, 0.2) is 47.2 Å². The number of aromatic nitrogens is 1. The molecule has 0 saturated carbocycles. The van der Waals surface area contributed by atoms with Gasteiger partial charge in [0.25, 0.3) is 0 Å². The lowest BCUT2D eigenvalue weighted by Gasteiger charge is -2.11. The highest BCUT2D eigenvalue weighted by atomic mass is 79.9. The molecule has 0 N–H and O–H groups in total. The van der Waals surface area contributed by atoms with Gasteiger partial charge in [-0.25, -0.2) is 0 Å². The van der Waals surface area contributed by atoms with E-state index < -0.39 is 0 Å². The van der Waals surface area contributed by atoms with Gasteiger partial charge in [0.05, 0.1) is 4.47 Å². The zero-order valence-electron chi connectivity index (χ0n) is 10.6. The Morgan fingerprint density at radius 3 is 2.56 bits per heavy atom. The summed E-state index contributed by atoms with van der Waals surface area (Å²) in [7, 11) is 0. The summed E-state index contributed by atoms with van der Waals surface area (Å²) in [5.41, 5.74) is 1.35. The Balaban J connectivity index is 2.14. The van der Waals surface area contributed by atoms with Crippen molar-refractivity contribution >= 4 is 15.9 Å². The third kappa shape index (κ3) is 3.10. The molecule has 2 aromatic rings. The van der Waals surface area contributed by atoms with Crippen LogP contribution in [0, 0.1) is 0 Å². The number of rotatable bonds is 4. The highest BCUT2D eigenvalue weighted by Gasteiger charge is 2.05. The fraction of sp³-hybridized carbons (Fsp3) is 0.267. The molecule has 0 aliphatic carbocycles. The number of halogens is 1. The lowest BCUT2D eigenvalue weighted by Crippen LogP contribution is -1.91. The van der Waals surface area contributed by atoms with E-state index in [9.17, 15) is 0 Å². The van der Waals surface area contributed by atoms with Crippen LogP contribution in [0.25, 0.3) is 0 Å². The summed E-state index contributed by atoms with van der Waals surface area (Å²) in [6, 6.07) is 10.1. The molecule has 0 spiro atoms. The molecule has 0 saturated heterocycles. The van der Waals surface area contributed by atoms with Crippen LogP contribution < -0.4 is 4.74 Å². The van der Waals surface area contributed by atoms with Crippen LogP contribution in [0.1, 0.15) is 31.7 Å². The number of pyridine rings is 1. The van der Waals surface area contributed by atoms with Gasteiger partial charge in [-0.1, -0.05) is 26.0 Å². The van der Waals surface area contributed by atoms with Crippen molar-refractivity contribution in [2.75, 3.05) is 0 Å². The largest absolute Gasteiger partial charge is 0.456 e. The molecule has 0 fully saturated rings. The average molecular weight is 306 g/mol. The number of nitrogens with zero attached hydrogens (tertiary/aromatic N) is 1. The zero-order chi connectivity index (χ0) is 13.0. The molecule has 1 unspecified atom stereocenters. The van der Waals surface area contributed by atoms with Gasteiger partial charge < -0.3 is 4.74 Å². The molecular formula is C15H16BrNO. The van der Waals surface area contributed by atoms with E-state index in [1.165, 1.54) is 5.56 Å². The van der Waals surface area contributed by atoms with Crippen LogP contribution in [-0.4, -0.2) is 4.98 Å². The van der Waals surface area contributed by atoms with Gasteiger partial charge in [-0.2, -0.15) is 0 Å². The van der Waals surface area contributed by atoms with E-state index in [-0.39, 0.29) is 0 Å². The zero-order valence-corrected chi connectivity index (χ0v) is 12.1. The average Bonchev–Trinajstić information content (AvgIpc) is 2.41. The summed E-state index contributed by atoms with van der Waals surface area (Å²) in [6.07, 6.45) is 4.59. The third-order valence-corrected chi connectivity index (χ3v) is 3.62. The van der Waals surface area contributed by atoms with E-state index in [0.29, 0.717) is 5.92 Å². The summed E-state index contributed by atoms with van der Waals surface area (Å²) in [5.74, 6) is 2.21. The van der Waals surface area contributed by atoms with E-state index in [1.54, 1.807) is 12.4 Å². The summed E-state index contributed by atoms with van der Waals surface area (Å²) in [4.78, 5) is 4.01. The number of benzene rings is 1. The predicted octanol–water partition coefficient (Wildman–Crippen LogP) is 5.15. The van der Waals surface area contributed by atoms with E-state index in [2.05, 4.69) is 46.9 Å². The maximum Gasteiger partial charge on any atom is 0.144 e. The SMILES string of the molecule is CCC(C)c1ccc(Oc2ccncc2Br)cc1. The van der Waals surface area contributed by atoms with Crippen molar-refractivity contribution in [3.05, 3.63) is 52.8 Å². The third-order valence-electron chi connectivity index (χ3n) is 3.02. The minimum Gasteiger partial charge on any atom is -0.456 e. The smallest absolute Gasteiger partial charge is 0.144 e. The molecule has 1 heterocycles. The lowest BCUT2D eigenvalue weighted by atomic mass is 9.99. The van der Waals surface area contributed by atoms with E-state index in [1.807, 2.05) is 18.2 Å². The van der Waals surface area contributed by atoms with Crippen molar-refractivity contribution in [3.8, 4) is 11.5 Å². The number of hydrogen-bond acceptors (Lipinski definition) is 2. The van der Waals surface area contributed by atoms with Crippen molar-refractivity contribution in [2.24, 2.45) is 0 Å². The fourth-order valence-corrected chi connectivity index (χ4v) is 2.00. The molecule has 1 aromatic carbocycles. The molecule has 1 aromatic heterocycles. The van der Waals surface area contributed by atoms with Crippen molar-refractivity contribution in [2.45, 2.75) is 26.2 Å². The molecule has 0 aliphatic heterocycles. The van der Waals surface area contributed by atoms with Crippen LogP contribution in [0.4, 0.5) is 0 Å². The van der Waals surface area contributed by atoms with Gasteiger partial charge in [-0.05, 0) is 46.0 Å². The molecule has 94 valence electrons. The van der Waals surface area contributed by atoms with Crippen LogP contribution in [-0.2, 0) is 0 Å². The van der Waals surface area contributed by atoms with E-state index >= 15 is 0 Å². The van der Waals surface area contributed by atoms with Crippen molar-refractivity contribution < 1.29 is 4.74 Å². The number of ether oxygens (including phenoxy) is 1. The van der Waals surface area contributed by atoms with Gasteiger partial charge in [0.15, 0.2) is 0 Å². The second kappa shape index (κ2) is 6.01. The topological polar surface area (TPSA) is 22.1 Å². The molecule has 0 radical (unpaired) electrons. The van der Waals surface area contributed by atoms with Gasteiger partial charge in [0, 0.05) is 18.5 Å². The maximum atomic E-state index is 5.79. The summed E-state index contributed by atoms with van der Waals surface area (Å²) in [5, 5.41) is 0. The van der Waals surface area contributed by atoms with Crippen LogP contribution in [0.5, 0.6) is 11.5 Å². The van der Waals surface area contributed by atoms with Crippen LogP contribution in [0.3, 0.4) is 0 Å². The van der Waals surface area contributed by atoms with Crippen LogP contribution in [0.2, 0.25) is 0 Å². The fourth-order valence-electron chi connectivity index (χ4n) is 1.67. The van der Waals surface area contributed by atoms with Gasteiger partial charge in [-0.3, -0.25) is 4.98 Å². The van der Waals surface area contributed by atoms with Gasteiger partial charge in [-0.15, -0.1) is 0 Å².